The summed E-state index contributed by atoms with van der Waals surface area (Å²) in [7, 11) is 1.14. The second-order valence-electron chi connectivity index (χ2n) is 4.67. The largest absolute Gasteiger partial charge is 0.497 e. The minimum absolute atomic E-state index is 0.286. The van der Waals surface area contributed by atoms with Gasteiger partial charge in [-0.2, -0.15) is 0 Å². The van der Waals surface area contributed by atoms with E-state index in [0.29, 0.717) is 11.4 Å². The van der Waals surface area contributed by atoms with E-state index in [9.17, 15) is 13.2 Å². The van der Waals surface area contributed by atoms with Gasteiger partial charge in [-0.15, -0.1) is 0 Å². The molecular weight excluding hydrogens is 280 g/mol. The molecule has 1 aromatic rings. The van der Waals surface area contributed by atoms with Crippen molar-refractivity contribution in [3.05, 3.63) is 24.3 Å². The Hall–Kier alpha value is -1.76. The van der Waals surface area contributed by atoms with Crippen molar-refractivity contribution in [2.24, 2.45) is 0 Å². The summed E-state index contributed by atoms with van der Waals surface area (Å²) in [5.74, 6) is 0.333. The van der Waals surface area contributed by atoms with Gasteiger partial charge in [0.05, 0.1) is 19.1 Å². The van der Waals surface area contributed by atoms with E-state index in [4.69, 9.17) is 4.74 Å². The van der Waals surface area contributed by atoms with Gasteiger partial charge in [0.15, 0.2) is 0 Å². The number of carbonyl (C=O) groups is 1. The number of anilines is 1. The number of likely N-dealkylation sites (N-methyl/N-ethyl adjacent to an activating group) is 1. The molecule has 7 heteroatoms. The lowest BCUT2D eigenvalue weighted by molar-refractivity contribution is -0.129. The smallest absolute Gasteiger partial charge is 0.245 e. The first-order valence-electron chi connectivity index (χ1n) is 6.03. The van der Waals surface area contributed by atoms with Crippen LogP contribution in [0.1, 0.15) is 6.92 Å². The molecule has 0 spiro atoms. The number of carbonyl (C=O) groups excluding carboxylic acids is 1. The molecule has 0 aliphatic heterocycles. The Morgan fingerprint density at radius 2 is 1.70 bits per heavy atom. The van der Waals surface area contributed by atoms with E-state index < -0.39 is 16.1 Å². The molecular formula is C13H20N2O4S. The third-order valence-corrected chi connectivity index (χ3v) is 4.08. The second kappa shape index (κ2) is 6.13. The summed E-state index contributed by atoms with van der Waals surface area (Å²) in [5, 5.41) is 0. The van der Waals surface area contributed by atoms with Gasteiger partial charge in [-0.1, -0.05) is 0 Å². The van der Waals surface area contributed by atoms with E-state index in [0.717, 1.165) is 10.6 Å². The molecule has 1 amide bonds. The zero-order valence-electron chi connectivity index (χ0n) is 12.3. The van der Waals surface area contributed by atoms with Crippen molar-refractivity contribution in [1.29, 1.82) is 0 Å². The molecule has 0 saturated carbocycles. The summed E-state index contributed by atoms with van der Waals surface area (Å²) in [6.45, 7) is 1.56. The number of amides is 1. The van der Waals surface area contributed by atoms with Gasteiger partial charge in [-0.05, 0) is 31.2 Å². The second-order valence-corrected chi connectivity index (χ2v) is 6.52. The molecule has 0 saturated heterocycles. The van der Waals surface area contributed by atoms with Gasteiger partial charge in [-0.3, -0.25) is 9.10 Å². The third kappa shape index (κ3) is 3.63. The highest BCUT2D eigenvalue weighted by Gasteiger charge is 2.29. The molecule has 0 unspecified atom stereocenters. The van der Waals surface area contributed by atoms with Crippen LogP contribution in [0.4, 0.5) is 5.69 Å². The maximum absolute atomic E-state index is 12.0. The molecule has 0 aliphatic rings. The molecule has 0 heterocycles. The molecule has 0 aliphatic carbocycles. The number of sulfonamides is 1. The minimum Gasteiger partial charge on any atom is -0.497 e. The Kier molecular flexibility index (Phi) is 4.99. The number of ether oxygens (including phenoxy) is 1. The SMILES string of the molecule is COc1ccc(N([C@@H](C)C(=O)N(C)C)S(C)(=O)=O)cc1. The Bertz CT molecular complexity index is 567. The van der Waals surface area contributed by atoms with Gasteiger partial charge >= 0.3 is 0 Å². The molecule has 112 valence electrons. The van der Waals surface area contributed by atoms with Gasteiger partial charge < -0.3 is 9.64 Å². The summed E-state index contributed by atoms with van der Waals surface area (Å²) in [6, 6.07) is 5.72. The van der Waals surface area contributed by atoms with Crippen LogP contribution in [0.3, 0.4) is 0 Å². The van der Waals surface area contributed by atoms with Crippen LogP contribution in [0.5, 0.6) is 5.75 Å². The Morgan fingerprint density at radius 1 is 1.20 bits per heavy atom. The minimum atomic E-state index is -3.57. The molecule has 0 N–H and O–H groups in total. The van der Waals surface area contributed by atoms with E-state index in [2.05, 4.69) is 0 Å². The van der Waals surface area contributed by atoms with Crippen LogP contribution >= 0.6 is 0 Å². The van der Waals surface area contributed by atoms with Crippen LogP contribution in [-0.4, -0.2) is 52.7 Å². The lowest BCUT2D eigenvalue weighted by Gasteiger charge is -2.29. The van der Waals surface area contributed by atoms with Crippen molar-refractivity contribution in [2.45, 2.75) is 13.0 Å². The first kappa shape index (κ1) is 16.3. The number of hydrogen-bond acceptors (Lipinski definition) is 4. The van der Waals surface area contributed by atoms with Gasteiger partial charge in [0.2, 0.25) is 15.9 Å². The molecule has 1 atom stereocenters. The molecule has 1 rings (SSSR count). The summed E-state index contributed by atoms with van der Waals surface area (Å²) < 4.78 is 30.1. The molecule has 0 bridgehead atoms. The van der Waals surface area contributed by atoms with Crippen LogP contribution in [0.15, 0.2) is 24.3 Å². The Labute approximate surface area is 120 Å². The van der Waals surface area contributed by atoms with Crippen LogP contribution in [0.2, 0.25) is 0 Å². The average molecular weight is 300 g/mol. The maximum Gasteiger partial charge on any atom is 0.245 e. The van der Waals surface area contributed by atoms with E-state index in [1.807, 2.05) is 0 Å². The zero-order valence-corrected chi connectivity index (χ0v) is 13.1. The summed E-state index contributed by atoms with van der Waals surface area (Å²) in [5.41, 5.74) is 0.427. The molecule has 1 aromatic carbocycles. The highest BCUT2D eigenvalue weighted by molar-refractivity contribution is 7.92. The van der Waals surface area contributed by atoms with Crippen LogP contribution in [0, 0.1) is 0 Å². The molecule has 6 nitrogen and oxygen atoms in total. The van der Waals surface area contributed by atoms with E-state index >= 15 is 0 Å². The zero-order chi connectivity index (χ0) is 15.5. The Balaban J connectivity index is 3.22. The van der Waals surface area contributed by atoms with E-state index in [-0.39, 0.29) is 5.91 Å². The van der Waals surface area contributed by atoms with Gasteiger partial charge in [-0.25, -0.2) is 8.42 Å². The highest BCUT2D eigenvalue weighted by atomic mass is 32.2. The third-order valence-electron chi connectivity index (χ3n) is 2.83. The van der Waals surface area contributed by atoms with Gasteiger partial charge in [0.25, 0.3) is 0 Å². The van der Waals surface area contributed by atoms with Crippen LogP contribution in [-0.2, 0) is 14.8 Å². The number of hydrogen-bond donors (Lipinski definition) is 0. The molecule has 20 heavy (non-hydrogen) atoms. The maximum atomic E-state index is 12.0. The van der Waals surface area contributed by atoms with Crippen molar-refractivity contribution in [3.63, 3.8) is 0 Å². The monoisotopic (exact) mass is 300 g/mol. The van der Waals surface area contributed by atoms with Crippen molar-refractivity contribution in [3.8, 4) is 5.75 Å². The first-order chi connectivity index (χ1) is 9.18. The molecule has 0 fully saturated rings. The standard InChI is InChI=1S/C13H20N2O4S/c1-10(13(16)14(2)3)15(20(5,17)18)11-6-8-12(19-4)9-7-11/h6-10H,1-5H3/t10-/m0/s1. The fraction of sp³-hybridized carbons (Fsp3) is 0.462. The normalized spacial score (nSPS) is 12.7. The van der Waals surface area contributed by atoms with Crippen molar-refractivity contribution in [1.82, 2.24) is 4.90 Å². The number of nitrogens with zero attached hydrogens (tertiary/aromatic N) is 2. The number of methoxy groups -OCH3 is 1. The summed E-state index contributed by atoms with van der Waals surface area (Å²) in [6.07, 6.45) is 1.08. The van der Waals surface area contributed by atoms with Crippen LogP contribution in [0.25, 0.3) is 0 Å². The fourth-order valence-electron chi connectivity index (χ4n) is 1.91. The van der Waals surface area contributed by atoms with Crippen LogP contribution < -0.4 is 9.04 Å². The van der Waals surface area contributed by atoms with E-state index in [1.165, 1.54) is 12.0 Å². The first-order valence-corrected chi connectivity index (χ1v) is 7.88. The predicted octanol–water partition coefficient (Wildman–Crippen LogP) is 0.938. The average Bonchev–Trinajstić information content (AvgIpc) is 2.37. The number of benzene rings is 1. The lowest BCUT2D eigenvalue weighted by Crippen LogP contribution is -2.47. The summed E-state index contributed by atoms with van der Waals surface area (Å²) in [4.78, 5) is 13.4. The van der Waals surface area contributed by atoms with Gasteiger partial charge in [0, 0.05) is 14.1 Å². The molecule has 0 aromatic heterocycles. The topological polar surface area (TPSA) is 66.9 Å². The predicted molar refractivity (Wildman–Crippen MR) is 78.5 cm³/mol. The van der Waals surface area contributed by atoms with Crippen molar-refractivity contribution in [2.75, 3.05) is 31.8 Å². The lowest BCUT2D eigenvalue weighted by atomic mass is 10.2. The quantitative estimate of drug-likeness (QED) is 0.811. The van der Waals surface area contributed by atoms with Crippen molar-refractivity contribution >= 4 is 21.6 Å². The Morgan fingerprint density at radius 3 is 2.05 bits per heavy atom. The fourth-order valence-corrected chi connectivity index (χ4v) is 3.07. The van der Waals surface area contributed by atoms with Gasteiger partial charge in [0.1, 0.15) is 11.8 Å². The summed E-state index contributed by atoms with van der Waals surface area (Å²) >= 11 is 0. The molecule has 0 radical (unpaired) electrons. The van der Waals surface area contributed by atoms with E-state index in [1.54, 1.807) is 45.3 Å². The van der Waals surface area contributed by atoms with Crippen molar-refractivity contribution < 1.29 is 17.9 Å². The number of rotatable bonds is 5. The highest BCUT2D eigenvalue weighted by Crippen LogP contribution is 2.24.